The molecule has 0 radical (unpaired) electrons. The van der Waals surface area contributed by atoms with Crippen LogP contribution in [-0.4, -0.2) is 26.2 Å². The Morgan fingerprint density at radius 1 is 1.36 bits per heavy atom. The van der Waals surface area contributed by atoms with Crippen molar-refractivity contribution in [2.75, 3.05) is 0 Å². The van der Waals surface area contributed by atoms with Crippen LogP contribution in [0.5, 0.6) is 0 Å². The van der Waals surface area contributed by atoms with E-state index in [0.29, 0.717) is 11.5 Å². The molecule has 0 bridgehead atoms. The molecule has 1 N–H and O–H groups in total. The summed E-state index contributed by atoms with van der Waals surface area (Å²) in [6.07, 6.45) is 5.44. The number of hydrogen-bond donors (Lipinski definition) is 1. The second-order valence-electron chi connectivity index (χ2n) is 2.84. The zero-order chi connectivity index (χ0) is 9.97. The van der Waals surface area contributed by atoms with Crippen LogP contribution in [0.25, 0.3) is 11.4 Å². The van der Waals surface area contributed by atoms with Crippen molar-refractivity contribution in [3.05, 3.63) is 30.1 Å². The molecular weight excluding hydrogens is 180 g/mol. The van der Waals surface area contributed by atoms with Crippen LogP contribution in [0, 0.1) is 6.92 Å². The van der Waals surface area contributed by atoms with Gasteiger partial charge in [-0.1, -0.05) is 0 Å². The van der Waals surface area contributed by atoms with Crippen molar-refractivity contribution >= 4 is 6.29 Å². The lowest BCUT2D eigenvalue weighted by Gasteiger charge is -1.92. The quantitative estimate of drug-likeness (QED) is 0.713. The summed E-state index contributed by atoms with van der Waals surface area (Å²) >= 11 is 0. The van der Waals surface area contributed by atoms with Gasteiger partial charge < -0.3 is 4.98 Å². The van der Waals surface area contributed by atoms with Crippen molar-refractivity contribution in [3.63, 3.8) is 0 Å². The molecule has 2 aromatic heterocycles. The molecule has 0 atom stereocenters. The van der Waals surface area contributed by atoms with E-state index < -0.39 is 0 Å². The molecule has 2 rings (SSSR count). The highest BCUT2D eigenvalue weighted by molar-refractivity contribution is 5.75. The van der Waals surface area contributed by atoms with E-state index >= 15 is 0 Å². The fourth-order valence-corrected chi connectivity index (χ4v) is 1.15. The molecule has 2 heterocycles. The van der Waals surface area contributed by atoms with Crippen LogP contribution < -0.4 is 0 Å². The average Bonchev–Trinajstić information content (AvgIpc) is 2.61. The molecule has 5 heteroatoms. The van der Waals surface area contributed by atoms with Gasteiger partial charge in [0.25, 0.3) is 0 Å². The Kier molecular flexibility index (Phi) is 2.06. The number of rotatable bonds is 2. The monoisotopic (exact) mass is 188 g/mol. The number of imidazole rings is 1. The summed E-state index contributed by atoms with van der Waals surface area (Å²) in [5.74, 6) is 0.616. The average molecular weight is 188 g/mol. The lowest BCUT2D eigenvalue weighted by atomic mass is 10.3. The first-order valence-electron chi connectivity index (χ1n) is 4.08. The Hall–Kier alpha value is -2.04. The summed E-state index contributed by atoms with van der Waals surface area (Å²) in [6.45, 7) is 1.80. The molecule has 70 valence electrons. The van der Waals surface area contributed by atoms with Crippen LogP contribution in [0.2, 0.25) is 0 Å². The SMILES string of the molecule is Cc1[nH]c(-c2cncnc2)nc1C=O. The van der Waals surface area contributed by atoms with Crippen molar-refractivity contribution in [1.82, 2.24) is 19.9 Å². The molecule has 0 unspecified atom stereocenters. The zero-order valence-electron chi connectivity index (χ0n) is 7.56. The van der Waals surface area contributed by atoms with Crippen molar-refractivity contribution in [2.24, 2.45) is 0 Å². The Bertz CT molecular complexity index is 449. The highest BCUT2D eigenvalue weighted by Crippen LogP contribution is 2.14. The molecule has 14 heavy (non-hydrogen) atoms. The van der Waals surface area contributed by atoms with Crippen molar-refractivity contribution in [3.8, 4) is 11.4 Å². The normalized spacial score (nSPS) is 10.1. The third-order valence-electron chi connectivity index (χ3n) is 1.87. The van der Waals surface area contributed by atoms with E-state index in [0.717, 1.165) is 17.5 Å². The van der Waals surface area contributed by atoms with Gasteiger partial charge in [-0.15, -0.1) is 0 Å². The predicted octanol–water partition coefficient (Wildman–Crippen LogP) is 0.988. The van der Waals surface area contributed by atoms with E-state index in [1.807, 2.05) is 0 Å². The largest absolute Gasteiger partial charge is 0.341 e. The number of hydrogen-bond acceptors (Lipinski definition) is 4. The van der Waals surface area contributed by atoms with Gasteiger partial charge in [0.2, 0.25) is 0 Å². The molecular formula is C9H8N4O. The standard InChI is InChI=1S/C9H8N4O/c1-6-8(4-14)13-9(12-6)7-2-10-5-11-3-7/h2-5H,1H3,(H,12,13). The summed E-state index contributed by atoms with van der Waals surface area (Å²) < 4.78 is 0. The van der Waals surface area contributed by atoms with Crippen LogP contribution in [-0.2, 0) is 0 Å². The maximum absolute atomic E-state index is 10.6. The number of nitrogens with zero attached hydrogens (tertiary/aromatic N) is 3. The minimum Gasteiger partial charge on any atom is -0.341 e. The fourth-order valence-electron chi connectivity index (χ4n) is 1.15. The summed E-state index contributed by atoms with van der Waals surface area (Å²) in [6, 6.07) is 0. The van der Waals surface area contributed by atoms with E-state index in [-0.39, 0.29) is 0 Å². The van der Waals surface area contributed by atoms with Crippen LogP contribution >= 0.6 is 0 Å². The number of nitrogens with one attached hydrogen (secondary N) is 1. The van der Waals surface area contributed by atoms with Gasteiger partial charge in [-0.2, -0.15) is 0 Å². The third kappa shape index (κ3) is 1.39. The van der Waals surface area contributed by atoms with Crippen molar-refractivity contribution in [2.45, 2.75) is 6.92 Å². The van der Waals surface area contributed by atoms with Gasteiger partial charge in [0, 0.05) is 18.1 Å². The molecule has 0 aliphatic rings. The van der Waals surface area contributed by atoms with E-state index in [2.05, 4.69) is 19.9 Å². The smallest absolute Gasteiger partial charge is 0.170 e. The van der Waals surface area contributed by atoms with Crippen molar-refractivity contribution in [1.29, 1.82) is 0 Å². The molecule has 0 saturated carbocycles. The maximum Gasteiger partial charge on any atom is 0.170 e. The van der Waals surface area contributed by atoms with Crippen LogP contribution in [0.3, 0.4) is 0 Å². The van der Waals surface area contributed by atoms with Gasteiger partial charge in [-0.25, -0.2) is 15.0 Å². The lowest BCUT2D eigenvalue weighted by molar-refractivity contribution is 0.111. The highest BCUT2D eigenvalue weighted by Gasteiger charge is 2.07. The maximum atomic E-state index is 10.6. The number of carbonyl (C=O) groups excluding carboxylic acids is 1. The first kappa shape index (κ1) is 8.55. The third-order valence-corrected chi connectivity index (χ3v) is 1.87. The Morgan fingerprint density at radius 3 is 2.64 bits per heavy atom. The van der Waals surface area contributed by atoms with Gasteiger partial charge in [0.05, 0.1) is 5.56 Å². The first-order valence-corrected chi connectivity index (χ1v) is 4.08. The van der Waals surface area contributed by atoms with Gasteiger partial charge in [0.1, 0.15) is 17.8 Å². The van der Waals surface area contributed by atoms with Gasteiger partial charge >= 0.3 is 0 Å². The molecule has 0 amide bonds. The van der Waals surface area contributed by atoms with Crippen molar-refractivity contribution < 1.29 is 4.79 Å². The number of H-pyrrole nitrogens is 1. The lowest BCUT2D eigenvalue weighted by Crippen LogP contribution is -1.84. The number of aldehydes is 1. The Morgan fingerprint density at radius 2 is 2.07 bits per heavy atom. The number of aryl methyl sites for hydroxylation is 1. The molecule has 0 fully saturated rings. The molecule has 0 aliphatic carbocycles. The number of carbonyl (C=O) groups is 1. The Balaban J connectivity index is 2.48. The number of aromatic nitrogens is 4. The molecule has 0 saturated heterocycles. The first-order chi connectivity index (χ1) is 6.81. The van der Waals surface area contributed by atoms with Gasteiger partial charge in [0.15, 0.2) is 6.29 Å². The molecule has 0 spiro atoms. The fraction of sp³-hybridized carbons (Fsp3) is 0.111. The summed E-state index contributed by atoms with van der Waals surface area (Å²) in [5.41, 5.74) is 1.94. The van der Waals surface area contributed by atoms with Crippen LogP contribution in [0.15, 0.2) is 18.7 Å². The minimum atomic E-state index is 0.420. The predicted molar refractivity (Wildman–Crippen MR) is 49.7 cm³/mol. The van der Waals surface area contributed by atoms with E-state index in [9.17, 15) is 4.79 Å². The summed E-state index contributed by atoms with van der Waals surface area (Å²) in [4.78, 5) is 25.4. The number of aromatic amines is 1. The molecule has 0 aromatic carbocycles. The highest BCUT2D eigenvalue weighted by atomic mass is 16.1. The molecule has 0 aliphatic heterocycles. The zero-order valence-corrected chi connectivity index (χ0v) is 7.56. The second kappa shape index (κ2) is 3.37. The van der Waals surface area contributed by atoms with E-state index in [1.165, 1.54) is 6.33 Å². The topological polar surface area (TPSA) is 71.5 Å². The van der Waals surface area contributed by atoms with Gasteiger partial charge in [-0.05, 0) is 6.92 Å². The summed E-state index contributed by atoms with van der Waals surface area (Å²) in [5, 5.41) is 0. The summed E-state index contributed by atoms with van der Waals surface area (Å²) in [7, 11) is 0. The van der Waals surface area contributed by atoms with E-state index in [1.54, 1.807) is 19.3 Å². The van der Waals surface area contributed by atoms with Crippen LogP contribution in [0.1, 0.15) is 16.2 Å². The Labute approximate surface area is 80.2 Å². The van der Waals surface area contributed by atoms with Crippen LogP contribution in [0.4, 0.5) is 0 Å². The van der Waals surface area contributed by atoms with Gasteiger partial charge in [-0.3, -0.25) is 4.79 Å². The molecule has 2 aromatic rings. The van der Waals surface area contributed by atoms with E-state index in [4.69, 9.17) is 0 Å². The molecule has 5 nitrogen and oxygen atoms in total. The second-order valence-corrected chi connectivity index (χ2v) is 2.84. The minimum absolute atomic E-state index is 0.420.